The third-order valence-electron chi connectivity index (χ3n) is 4.32. The Hall–Kier alpha value is -0.120. The molecule has 1 aliphatic heterocycles. The number of aliphatic hydroxyl groups excluding tert-OH is 1. The molecule has 1 N–H and O–H groups in total. The molecule has 2 aliphatic rings. The Bertz CT molecular complexity index is 220. The molecule has 0 radical (unpaired) electrons. The summed E-state index contributed by atoms with van der Waals surface area (Å²) < 4.78 is 5.30. The zero-order chi connectivity index (χ0) is 12.1. The van der Waals surface area contributed by atoms with Gasteiger partial charge in [-0.25, -0.2) is 0 Å². The van der Waals surface area contributed by atoms with Gasteiger partial charge in [0, 0.05) is 19.2 Å². The molecule has 0 amide bonds. The summed E-state index contributed by atoms with van der Waals surface area (Å²) in [5.74, 6) is 0.900. The molecule has 3 nitrogen and oxygen atoms in total. The third kappa shape index (κ3) is 3.67. The number of rotatable bonds is 5. The van der Waals surface area contributed by atoms with E-state index in [-0.39, 0.29) is 6.10 Å². The van der Waals surface area contributed by atoms with Crippen LogP contribution >= 0.6 is 0 Å². The van der Waals surface area contributed by atoms with Crippen molar-refractivity contribution in [1.82, 2.24) is 4.90 Å². The van der Waals surface area contributed by atoms with Gasteiger partial charge in [-0.3, -0.25) is 4.90 Å². The fraction of sp³-hybridized carbons (Fsp3) is 1.00. The van der Waals surface area contributed by atoms with Crippen LogP contribution in [0.5, 0.6) is 0 Å². The Morgan fingerprint density at radius 3 is 2.82 bits per heavy atom. The molecular weight excluding hydrogens is 214 g/mol. The first-order chi connectivity index (χ1) is 8.31. The average molecular weight is 241 g/mol. The zero-order valence-electron chi connectivity index (χ0n) is 11.1. The summed E-state index contributed by atoms with van der Waals surface area (Å²) in [7, 11) is 0. The number of likely N-dealkylation sites (tertiary alicyclic amines) is 1. The maximum atomic E-state index is 9.96. The van der Waals surface area contributed by atoms with E-state index >= 15 is 0 Å². The lowest BCUT2D eigenvalue weighted by molar-refractivity contribution is -0.0140. The fourth-order valence-corrected chi connectivity index (χ4v) is 3.53. The van der Waals surface area contributed by atoms with Gasteiger partial charge in [-0.2, -0.15) is 0 Å². The lowest BCUT2D eigenvalue weighted by Crippen LogP contribution is -2.50. The number of piperidine rings is 1. The Balaban J connectivity index is 1.81. The summed E-state index contributed by atoms with van der Waals surface area (Å²) in [5.41, 5.74) is 0. The molecule has 3 heteroatoms. The highest BCUT2D eigenvalue weighted by Crippen LogP contribution is 2.35. The lowest BCUT2D eigenvalue weighted by atomic mass is 9.78. The number of fused-ring (bicyclic) bond motifs is 1. The quantitative estimate of drug-likeness (QED) is 0.799. The number of hydrogen-bond acceptors (Lipinski definition) is 3. The predicted molar refractivity (Wildman–Crippen MR) is 69.1 cm³/mol. The van der Waals surface area contributed by atoms with E-state index in [1.807, 2.05) is 6.92 Å². The number of β-amino-alcohol motifs (C(OH)–C–C–N with tert-alkyl or cyclic N) is 1. The smallest absolute Gasteiger partial charge is 0.0900 e. The Morgan fingerprint density at radius 1 is 1.24 bits per heavy atom. The largest absolute Gasteiger partial charge is 0.389 e. The van der Waals surface area contributed by atoms with Gasteiger partial charge in [0.05, 0.1) is 12.7 Å². The molecule has 2 fully saturated rings. The highest BCUT2D eigenvalue weighted by atomic mass is 16.5. The molecule has 3 atom stereocenters. The van der Waals surface area contributed by atoms with Crippen LogP contribution in [0.25, 0.3) is 0 Å². The monoisotopic (exact) mass is 241 g/mol. The number of aliphatic hydroxyl groups is 1. The minimum Gasteiger partial charge on any atom is -0.389 e. The highest BCUT2D eigenvalue weighted by molar-refractivity contribution is 4.88. The van der Waals surface area contributed by atoms with Crippen LogP contribution in [-0.4, -0.2) is 48.5 Å². The summed E-state index contributed by atoms with van der Waals surface area (Å²) >= 11 is 0. The second kappa shape index (κ2) is 6.72. The van der Waals surface area contributed by atoms with Crippen molar-refractivity contribution in [2.45, 2.75) is 57.6 Å². The fourth-order valence-electron chi connectivity index (χ4n) is 3.53. The van der Waals surface area contributed by atoms with Gasteiger partial charge in [0.1, 0.15) is 0 Å². The van der Waals surface area contributed by atoms with Gasteiger partial charge < -0.3 is 9.84 Å². The Morgan fingerprint density at radius 2 is 2.00 bits per heavy atom. The average Bonchev–Trinajstić information content (AvgIpc) is 2.37. The molecule has 0 aromatic rings. The van der Waals surface area contributed by atoms with Crippen LogP contribution in [0.15, 0.2) is 0 Å². The van der Waals surface area contributed by atoms with E-state index in [1.54, 1.807) is 0 Å². The molecule has 1 saturated carbocycles. The first-order valence-electron chi connectivity index (χ1n) is 7.31. The predicted octanol–water partition coefficient (Wildman–Crippen LogP) is 2.04. The van der Waals surface area contributed by atoms with Crippen molar-refractivity contribution < 1.29 is 9.84 Å². The lowest BCUT2D eigenvalue weighted by Gasteiger charge is -2.44. The van der Waals surface area contributed by atoms with Crippen LogP contribution in [0, 0.1) is 5.92 Å². The van der Waals surface area contributed by atoms with Crippen LogP contribution in [0.2, 0.25) is 0 Å². The molecule has 0 aromatic carbocycles. The molecular formula is C14H27NO2. The van der Waals surface area contributed by atoms with Crippen LogP contribution < -0.4 is 0 Å². The second-order valence-corrected chi connectivity index (χ2v) is 5.56. The molecule has 17 heavy (non-hydrogen) atoms. The van der Waals surface area contributed by atoms with Crippen LogP contribution in [-0.2, 0) is 4.74 Å². The van der Waals surface area contributed by atoms with Crippen molar-refractivity contribution >= 4 is 0 Å². The molecule has 1 unspecified atom stereocenters. The number of ether oxygens (including phenoxy) is 1. The first kappa shape index (κ1) is 13.3. The zero-order valence-corrected chi connectivity index (χ0v) is 11.1. The summed E-state index contributed by atoms with van der Waals surface area (Å²) in [6, 6.07) is 0.744. The van der Waals surface area contributed by atoms with Crippen molar-refractivity contribution in [3.05, 3.63) is 0 Å². The van der Waals surface area contributed by atoms with Gasteiger partial charge >= 0.3 is 0 Å². The molecule has 0 aromatic heterocycles. The topological polar surface area (TPSA) is 32.7 Å². The van der Waals surface area contributed by atoms with Gasteiger partial charge in [-0.15, -0.1) is 0 Å². The summed E-state index contributed by atoms with van der Waals surface area (Å²) in [4.78, 5) is 2.52. The van der Waals surface area contributed by atoms with E-state index in [4.69, 9.17) is 4.74 Å². The van der Waals surface area contributed by atoms with Gasteiger partial charge in [-0.05, 0) is 45.1 Å². The van der Waals surface area contributed by atoms with E-state index in [0.717, 1.165) is 18.5 Å². The van der Waals surface area contributed by atoms with Gasteiger partial charge in [0.2, 0.25) is 0 Å². The van der Waals surface area contributed by atoms with Crippen LogP contribution in [0.4, 0.5) is 0 Å². The van der Waals surface area contributed by atoms with Crippen molar-refractivity contribution in [1.29, 1.82) is 0 Å². The Labute approximate surface area is 105 Å². The maximum Gasteiger partial charge on any atom is 0.0900 e. The van der Waals surface area contributed by atoms with E-state index in [1.165, 1.54) is 45.1 Å². The van der Waals surface area contributed by atoms with Crippen molar-refractivity contribution in [2.24, 2.45) is 5.92 Å². The van der Waals surface area contributed by atoms with Gasteiger partial charge in [0.15, 0.2) is 0 Å². The standard InChI is InChI=1S/C14H27NO2/c1-2-17-11-13(16)10-15-9-5-7-12-6-3-4-8-14(12)15/h12-14,16H,2-11H2,1H3/t12-,13?,14-/m1/s1. The van der Waals surface area contributed by atoms with E-state index in [2.05, 4.69) is 4.90 Å². The SMILES string of the molecule is CCOCC(O)CN1CCC[C@H]2CCCC[C@H]21. The maximum absolute atomic E-state index is 9.96. The van der Waals surface area contributed by atoms with E-state index in [0.29, 0.717) is 13.2 Å². The molecule has 1 aliphatic carbocycles. The second-order valence-electron chi connectivity index (χ2n) is 5.56. The first-order valence-corrected chi connectivity index (χ1v) is 7.31. The summed E-state index contributed by atoms with van der Waals surface area (Å²) in [6.07, 6.45) is 7.94. The third-order valence-corrected chi connectivity index (χ3v) is 4.32. The molecule has 0 spiro atoms. The van der Waals surface area contributed by atoms with E-state index in [9.17, 15) is 5.11 Å². The summed E-state index contributed by atoms with van der Waals surface area (Å²) in [6.45, 7) is 5.14. The van der Waals surface area contributed by atoms with E-state index < -0.39 is 0 Å². The van der Waals surface area contributed by atoms with Crippen LogP contribution in [0.1, 0.15) is 45.4 Å². The normalized spacial score (nSPS) is 32.1. The molecule has 2 rings (SSSR count). The highest BCUT2D eigenvalue weighted by Gasteiger charge is 2.33. The van der Waals surface area contributed by atoms with Gasteiger partial charge in [0.25, 0.3) is 0 Å². The van der Waals surface area contributed by atoms with Crippen molar-refractivity contribution in [2.75, 3.05) is 26.3 Å². The minimum absolute atomic E-state index is 0.310. The molecule has 100 valence electrons. The number of hydrogen-bond donors (Lipinski definition) is 1. The molecule has 1 heterocycles. The minimum atomic E-state index is -0.310. The number of nitrogens with zero attached hydrogens (tertiary/aromatic N) is 1. The molecule has 0 bridgehead atoms. The Kier molecular flexibility index (Phi) is 5.26. The molecule has 1 saturated heterocycles. The van der Waals surface area contributed by atoms with Crippen molar-refractivity contribution in [3.8, 4) is 0 Å². The van der Waals surface area contributed by atoms with Gasteiger partial charge in [-0.1, -0.05) is 12.8 Å². The van der Waals surface area contributed by atoms with Crippen LogP contribution in [0.3, 0.4) is 0 Å². The summed E-state index contributed by atoms with van der Waals surface area (Å²) in [5, 5.41) is 9.96. The van der Waals surface area contributed by atoms with Crippen molar-refractivity contribution in [3.63, 3.8) is 0 Å².